The number of likely N-dealkylation sites (tertiary alicyclic amines) is 1. The maximum atomic E-state index is 13.1. The molecule has 0 spiro atoms. The molecule has 5 rings (SSSR count). The highest BCUT2D eigenvalue weighted by Crippen LogP contribution is 2.36. The second-order valence-corrected chi connectivity index (χ2v) is 9.17. The number of hydrogen-bond donors (Lipinski definition) is 0. The molecule has 1 unspecified atom stereocenters. The van der Waals surface area contributed by atoms with E-state index < -0.39 is 0 Å². The third-order valence-corrected chi connectivity index (χ3v) is 7.12. The van der Waals surface area contributed by atoms with Gasteiger partial charge in [0.25, 0.3) is 5.91 Å². The van der Waals surface area contributed by atoms with E-state index >= 15 is 0 Å². The summed E-state index contributed by atoms with van der Waals surface area (Å²) in [6, 6.07) is 3.82. The van der Waals surface area contributed by atoms with Gasteiger partial charge in [0, 0.05) is 58.6 Å². The highest BCUT2D eigenvalue weighted by atomic mass is 16.5. The number of hydrogen-bond acceptors (Lipinski definition) is 6. The first-order valence-corrected chi connectivity index (χ1v) is 11.7. The first-order valence-electron chi connectivity index (χ1n) is 11.7. The van der Waals surface area contributed by atoms with E-state index in [4.69, 9.17) is 9.47 Å². The second-order valence-electron chi connectivity index (χ2n) is 9.17. The predicted molar refractivity (Wildman–Crippen MR) is 115 cm³/mol. The minimum Gasteiger partial charge on any atom is -0.380 e. The first kappa shape index (κ1) is 20.2. The van der Waals surface area contributed by atoms with Gasteiger partial charge in [-0.15, -0.1) is 0 Å². The van der Waals surface area contributed by atoms with Crippen LogP contribution in [-0.2, 0) is 9.47 Å². The lowest BCUT2D eigenvalue weighted by Crippen LogP contribution is -2.44. The molecule has 4 fully saturated rings. The third kappa shape index (κ3) is 4.34. The number of fused-ring (bicyclic) bond motifs is 1. The van der Waals surface area contributed by atoms with Gasteiger partial charge in [0.2, 0.25) is 0 Å². The molecular formula is C23H34N4O3. The monoisotopic (exact) mass is 414 g/mol. The van der Waals surface area contributed by atoms with Gasteiger partial charge in [-0.1, -0.05) is 0 Å². The van der Waals surface area contributed by atoms with Crippen LogP contribution in [-0.4, -0.2) is 91.9 Å². The van der Waals surface area contributed by atoms with Crippen LogP contribution in [0.15, 0.2) is 18.3 Å². The number of piperidine rings is 1. The smallest absolute Gasteiger partial charge is 0.257 e. The van der Waals surface area contributed by atoms with Crippen LogP contribution in [0.4, 0.5) is 5.82 Å². The van der Waals surface area contributed by atoms with Gasteiger partial charge in [0.1, 0.15) is 5.82 Å². The minimum absolute atomic E-state index is 0.131. The highest BCUT2D eigenvalue weighted by Gasteiger charge is 2.40. The summed E-state index contributed by atoms with van der Waals surface area (Å²) in [6.45, 7) is 8.36. The van der Waals surface area contributed by atoms with E-state index in [1.807, 2.05) is 23.2 Å². The molecule has 4 aliphatic rings. The van der Waals surface area contributed by atoms with Gasteiger partial charge in [-0.2, -0.15) is 0 Å². The molecule has 1 aromatic rings. The number of carbonyl (C=O) groups excluding carboxylic acids is 1. The Morgan fingerprint density at radius 1 is 1.10 bits per heavy atom. The normalized spacial score (nSPS) is 30.3. The van der Waals surface area contributed by atoms with Crippen molar-refractivity contribution in [2.75, 3.05) is 63.9 Å². The quantitative estimate of drug-likeness (QED) is 0.751. The van der Waals surface area contributed by atoms with Crippen LogP contribution >= 0.6 is 0 Å². The molecule has 4 aliphatic heterocycles. The number of ether oxygens (including phenoxy) is 2. The lowest BCUT2D eigenvalue weighted by atomic mass is 9.91. The Balaban J connectivity index is 1.23. The molecular weight excluding hydrogens is 380 g/mol. The van der Waals surface area contributed by atoms with Crippen molar-refractivity contribution in [3.63, 3.8) is 0 Å². The Bertz CT molecular complexity index is 731. The molecule has 0 bridgehead atoms. The van der Waals surface area contributed by atoms with Crippen molar-refractivity contribution in [3.8, 4) is 0 Å². The van der Waals surface area contributed by atoms with Crippen molar-refractivity contribution in [1.82, 2.24) is 14.8 Å². The third-order valence-electron chi connectivity index (χ3n) is 7.12. The SMILES string of the molecule is O=C(c1cccnc1N1CC[C@H]2CC(CN3CCCOCC3)O[C@H]2C1)N1CCCC1. The van der Waals surface area contributed by atoms with Crippen molar-refractivity contribution in [1.29, 1.82) is 0 Å². The standard InChI is InChI=1S/C23H34N4O3/c28-23(26-9-1-2-10-26)20-5-3-7-24-22(20)27-11-6-18-15-19(30-21(18)17-27)16-25-8-4-13-29-14-12-25/h3,5,7,18-19,21H,1-2,4,6,8-17H2/t18-,19?,21-/m0/s1. The van der Waals surface area contributed by atoms with Gasteiger partial charge in [0.05, 0.1) is 24.4 Å². The summed E-state index contributed by atoms with van der Waals surface area (Å²) in [4.78, 5) is 24.4. The second kappa shape index (κ2) is 9.20. The van der Waals surface area contributed by atoms with E-state index in [0.717, 1.165) is 103 Å². The Morgan fingerprint density at radius 3 is 2.90 bits per heavy atom. The molecule has 5 heterocycles. The van der Waals surface area contributed by atoms with E-state index in [2.05, 4.69) is 14.8 Å². The van der Waals surface area contributed by atoms with Crippen LogP contribution in [0.5, 0.6) is 0 Å². The van der Waals surface area contributed by atoms with Crippen LogP contribution in [0, 0.1) is 5.92 Å². The molecule has 164 valence electrons. The summed E-state index contributed by atoms with van der Waals surface area (Å²) in [7, 11) is 0. The zero-order valence-corrected chi connectivity index (χ0v) is 17.9. The Kier molecular flexibility index (Phi) is 6.20. The van der Waals surface area contributed by atoms with Gasteiger partial charge >= 0.3 is 0 Å². The van der Waals surface area contributed by atoms with E-state index in [1.54, 1.807) is 0 Å². The van der Waals surface area contributed by atoms with Crippen molar-refractivity contribution in [2.45, 2.75) is 44.3 Å². The average Bonchev–Trinajstić information content (AvgIpc) is 3.38. The van der Waals surface area contributed by atoms with Crippen molar-refractivity contribution < 1.29 is 14.3 Å². The fourth-order valence-corrected chi connectivity index (χ4v) is 5.51. The molecule has 0 radical (unpaired) electrons. The van der Waals surface area contributed by atoms with Gasteiger partial charge in [-0.05, 0) is 50.2 Å². The van der Waals surface area contributed by atoms with E-state index in [0.29, 0.717) is 12.0 Å². The molecule has 1 amide bonds. The van der Waals surface area contributed by atoms with E-state index in [-0.39, 0.29) is 12.0 Å². The fourth-order valence-electron chi connectivity index (χ4n) is 5.51. The lowest BCUT2D eigenvalue weighted by Gasteiger charge is -2.36. The van der Waals surface area contributed by atoms with Crippen molar-refractivity contribution >= 4 is 11.7 Å². The molecule has 0 aliphatic carbocycles. The topological polar surface area (TPSA) is 58.1 Å². The van der Waals surface area contributed by atoms with Gasteiger partial charge in [-0.3, -0.25) is 9.69 Å². The number of pyridine rings is 1. The molecule has 4 saturated heterocycles. The summed E-state index contributed by atoms with van der Waals surface area (Å²) < 4.78 is 12.1. The van der Waals surface area contributed by atoms with Gasteiger partial charge in [0.15, 0.2) is 0 Å². The maximum Gasteiger partial charge on any atom is 0.257 e. The van der Waals surface area contributed by atoms with Crippen molar-refractivity contribution in [2.24, 2.45) is 5.92 Å². The summed E-state index contributed by atoms with van der Waals surface area (Å²) >= 11 is 0. The first-order chi connectivity index (χ1) is 14.8. The van der Waals surface area contributed by atoms with Gasteiger partial charge in [-0.25, -0.2) is 4.98 Å². The molecule has 0 saturated carbocycles. The number of carbonyl (C=O) groups is 1. The molecule has 30 heavy (non-hydrogen) atoms. The molecule has 1 aromatic heterocycles. The number of amides is 1. The minimum atomic E-state index is 0.131. The number of anilines is 1. The van der Waals surface area contributed by atoms with Crippen molar-refractivity contribution in [3.05, 3.63) is 23.9 Å². The Hall–Kier alpha value is -1.70. The molecule has 0 N–H and O–H groups in total. The summed E-state index contributed by atoms with van der Waals surface area (Å²) in [6.07, 6.45) is 7.94. The Labute approximate surface area is 179 Å². The molecule has 7 nitrogen and oxygen atoms in total. The summed E-state index contributed by atoms with van der Waals surface area (Å²) in [5, 5.41) is 0. The average molecular weight is 415 g/mol. The number of nitrogens with zero attached hydrogens (tertiary/aromatic N) is 4. The number of aromatic nitrogens is 1. The Morgan fingerprint density at radius 2 is 2.00 bits per heavy atom. The zero-order valence-electron chi connectivity index (χ0n) is 17.9. The molecule has 0 aromatic carbocycles. The summed E-state index contributed by atoms with van der Waals surface area (Å²) in [5.41, 5.74) is 0.747. The summed E-state index contributed by atoms with van der Waals surface area (Å²) in [5.74, 6) is 1.59. The van der Waals surface area contributed by atoms with Crippen LogP contribution in [0.25, 0.3) is 0 Å². The van der Waals surface area contributed by atoms with Crippen LogP contribution in [0.2, 0.25) is 0 Å². The van der Waals surface area contributed by atoms with Gasteiger partial charge < -0.3 is 19.3 Å². The number of rotatable bonds is 4. The molecule has 3 atom stereocenters. The van der Waals surface area contributed by atoms with E-state index in [1.165, 1.54) is 0 Å². The van der Waals surface area contributed by atoms with Crippen LogP contribution in [0.3, 0.4) is 0 Å². The molecule has 7 heteroatoms. The largest absolute Gasteiger partial charge is 0.380 e. The predicted octanol–water partition coefficient (Wildman–Crippen LogP) is 2.02. The van der Waals surface area contributed by atoms with Crippen LogP contribution in [0.1, 0.15) is 42.5 Å². The highest BCUT2D eigenvalue weighted by molar-refractivity contribution is 5.99. The van der Waals surface area contributed by atoms with Crippen LogP contribution < -0.4 is 4.90 Å². The fraction of sp³-hybridized carbons (Fsp3) is 0.739. The zero-order chi connectivity index (χ0) is 20.3. The maximum absolute atomic E-state index is 13.1. The lowest BCUT2D eigenvalue weighted by molar-refractivity contribution is 0.0138. The van der Waals surface area contributed by atoms with E-state index in [9.17, 15) is 4.79 Å².